The molecule has 0 aliphatic carbocycles. The van der Waals surface area contributed by atoms with Crippen molar-refractivity contribution in [1.82, 2.24) is 30.1 Å². The lowest BCUT2D eigenvalue weighted by Gasteiger charge is -2.33. The van der Waals surface area contributed by atoms with Crippen molar-refractivity contribution in [3.63, 3.8) is 0 Å². The van der Waals surface area contributed by atoms with E-state index in [9.17, 15) is 9.90 Å². The SMILES string of the molecule is CCOc1ccc2[nH]c(=O)c(CN(CCO)[C@H](c3nnnn3Cc3ccccc3)C(C)C)cc2c1. The van der Waals surface area contributed by atoms with Gasteiger partial charge in [-0.2, -0.15) is 0 Å². The topological polar surface area (TPSA) is 109 Å². The smallest absolute Gasteiger partial charge is 0.252 e. The summed E-state index contributed by atoms with van der Waals surface area (Å²) < 4.78 is 7.42. The van der Waals surface area contributed by atoms with Crippen LogP contribution in [0.25, 0.3) is 10.9 Å². The molecule has 9 nitrogen and oxygen atoms in total. The fourth-order valence-corrected chi connectivity index (χ4v) is 4.44. The zero-order valence-electron chi connectivity index (χ0n) is 20.4. The van der Waals surface area contributed by atoms with Gasteiger partial charge in [0.1, 0.15) is 5.75 Å². The molecule has 0 saturated carbocycles. The van der Waals surface area contributed by atoms with Gasteiger partial charge in [-0.3, -0.25) is 9.69 Å². The molecular weight excluding hydrogens is 444 g/mol. The van der Waals surface area contributed by atoms with Gasteiger partial charge in [-0.25, -0.2) is 4.68 Å². The summed E-state index contributed by atoms with van der Waals surface area (Å²) >= 11 is 0. The van der Waals surface area contributed by atoms with E-state index in [4.69, 9.17) is 4.74 Å². The molecule has 0 bridgehead atoms. The minimum atomic E-state index is -0.203. The highest BCUT2D eigenvalue weighted by atomic mass is 16.5. The number of H-pyrrole nitrogens is 1. The van der Waals surface area contributed by atoms with Crippen molar-refractivity contribution < 1.29 is 9.84 Å². The van der Waals surface area contributed by atoms with Gasteiger partial charge in [-0.1, -0.05) is 44.2 Å². The Bertz CT molecular complexity index is 1300. The Balaban J connectivity index is 1.68. The number of aliphatic hydroxyl groups is 1. The number of rotatable bonds is 11. The number of tetrazole rings is 1. The van der Waals surface area contributed by atoms with Crippen molar-refractivity contribution in [2.45, 2.75) is 39.9 Å². The third-order valence-corrected chi connectivity index (χ3v) is 5.99. The fourth-order valence-electron chi connectivity index (χ4n) is 4.44. The number of ether oxygens (including phenoxy) is 1. The molecule has 2 aromatic heterocycles. The van der Waals surface area contributed by atoms with Gasteiger partial charge in [0.05, 0.1) is 25.8 Å². The molecular formula is C26H32N6O3. The van der Waals surface area contributed by atoms with Crippen LogP contribution in [0.2, 0.25) is 0 Å². The van der Waals surface area contributed by atoms with Crippen LogP contribution in [0.3, 0.4) is 0 Å². The van der Waals surface area contributed by atoms with Crippen LogP contribution in [-0.2, 0) is 13.1 Å². The maximum atomic E-state index is 12.9. The van der Waals surface area contributed by atoms with E-state index in [0.717, 1.165) is 22.2 Å². The highest BCUT2D eigenvalue weighted by molar-refractivity contribution is 5.80. The Kier molecular flexibility index (Phi) is 7.89. The van der Waals surface area contributed by atoms with Gasteiger partial charge in [0.2, 0.25) is 0 Å². The van der Waals surface area contributed by atoms with Gasteiger partial charge < -0.3 is 14.8 Å². The highest BCUT2D eigenvalue weighted by Gasteiger charge is 2.29. The largest absolute Gasteiger partial charge is 0.494 e. The lowest BCUT2D eigenvalue weighted by molar-refractivity contribution is 0.106. The minimum absolute atomic E-state index is 0.0521. The number of fused-ring (bicyclic) bond motifs is 1. The molecule has 0 saturated heterocycles. The Labute approximate surface area is 204 Å². The molecule has 184 valence electrons. The van der Waals surface area contributed by atoms with Crippen molar-refractivity contribution in [3.8, 4) is 5.75 Å². The molecule has 0 amide bonds. The van der Waals surface area contributed by atoms with Gasteiger partial charge in [0.25, 0.3) is 5.56 Å². The summed E-state index contributed by atoms with van der Waals surface area (Å²) in [5.74, 6) is 1.59. The number of aliphatic hydroxyl groups excluding tert-OH is 1. The van der Waals surface area contributed by atoms with Crippen molar-refractivity contribution in [2.75, 3.05) is 19.8 Å². The van der Waals surface area contributed by atoms with Crippen LogP contribution in [0.1, 0.15) is 43.8 Å². The Morgan fingerprint density at radius 3 is 2.66 bits per heavy atom. The Morgan fingerprint density at radius 2 is 1.94 bits per heavy atom. The summed E-state index contributed by atoms with van der Waals surface area (Å²) in [6, 6.07) is 17.3. The molecule has 1 atom stereocenters. The number of nitrogens with zero attached hydrogens (tertiary/aromatic N) is 5. The molecule has 9 heteroatoms. The second kappa shape index (κ2) is 11.2. The molecule has 0 unspecified atom stereocenters. The van der Waals surface area contributed by atoms with Gasteiger partial charge in [0, 0.05) is 29.6 Å². The average molecular weight is 477 g/mol. The first-order chi connectivity index (χ1) is 17.0. The van der Waals surface area contributed by atoms with Crippen molar-refractivity contribution in [1.29, 1.82) is 0 Å². The van der Waals surface area contributed by atoms with E-state index in [-0.39, 0.29) is 24.1 Å². The summed E-state index contributed by atoms with van der Waals surface area (Å²) in [7, 11) is 0. The van der Waals surface area contributed by atoms with Gasteiger partial charge in [-0.15, -0.1) is 5.10 Å². The first-order valence-electron chi connectivity index (χ1n) is 11.9. The lowest BCUT2D eigenvalue weighted by Crippen LogP contribution is -2.37. The first-order valence-corrected chi connectivity index (χ1v) is 11.9. The minimum Gasteiger partial charge on any atom is -0.494 e. The molecule has 0 spiro atoms. The molecule has 2 aromatic carbocycles. The van der Waals surface area contributed by atoms with E-state index in [1.807, 2.05) is 61.5 Å². The molecule has 35 heavy (non-hydrogen) atoms. The van der Waals surface area contributed by atoms with Crippen LogP contribution >= 0.6 is 0 Å². The number of nitrogens with one attached hydrogen (secondary N) is 1. The molecule has 0 radical (unpaired) electrons. The molecule has 4 aromatic rings. The number of benzene rings is 2. The van der Waals surface area contributed by atoms with Crippen LogP contribution in [0, 0.1) is 5.92 Å². The predicted molar refractivity (Wildman–Crippen MR) is 134 cm³/mol. The monoisotopic (exact) mass is 476 g/mol. The number of aromatic amines is 1. The second-order valence-electron chi connectivity index (χ2n) is 8.87. The normalized spacial score (nSPS) is 12.5. The van der Waals surface area contributed by atoms with E-state index in [1.165, 1.54) is 0 Å². The molecule has 0 fully saturated rings. The van der Waals surface area contributed by atoms with Crippen molar-refractivity contribution in [3.05, 3.63) is 81.9 Å². The first kappa shape index (κ1) is 24.6. The Morgan fingerprint density at radius 1 is 1.14 bits per heavy atom. The maximum Gasteiger partial charge on any atom is 0.252 e. The summed E-state index contributed by atoms with van der Waals surface area (Å²) in [4.78, 5) is 18.0. The van der Waals surface area contributed by atoms with Crippen molar-refractivity contribution in [2.24, 2.45) is 5.92 Å². The predicted octanol–water partition coefficient (Wildman–Crippen LogP) is 3.15. The standard InChI is InChI=1S/C26H32N6O3/c1-4-35-22-10-11-23-20(15-22)14-21(26(34)27-23)17-31(12-13-33)24(18(2)3)25-28-29-30-32(25)16-19-8-6-5-7-9-19/h5-11,14-15,18,24,33H,4,12-13,16-17H2,1-3H3,(H,27,34)/t24-/m0/s1. The molecule has 2 heterocycles. The van der Waals surface area contributed by atoms with Crippen LogP contribution in [-0.4, -0.2) is 55.0 Å². The quantitative estimate of drug-likeness (QED) is 0.342. The van der Waals surface area contributed by atoms with Gasteiger partial charge in [0.15, 0.2) is 5.82 Å². The number of hydrogen-bond donors (Lipinski definition) is 2. The van der Waals surface area contributed by atoms with Crippen molar-refractivity contribution >= 4 is 10.9 Å². The van der Waals surface area contributed by atoms with E-state index >= 15 is 0 Å². The highest BCUT2D eigenvalue weighted by Crippen LogP contribution is 2.29. The summed E-state index contributed by atoms with van der Waals surface area (Å²) in [6.07, 6.45) is 0. The van der Waals surface area contributed by atoms with E-state index in [1.54, 1.807) is 4.68 Å². The molecule has 0 aliphatic heterocycles. The Hall–Kier alpha value is -3.56. The third-order valence-electron chi connectivity index (χ3n) is 5.99. The van der Waals surface area contributed by atoms with E-state index < -0.39 is 0 Å². The van der Waals surface area contributed by atoms with Gasteiger partial charge in [-0.05, 0) is 53.1 Å². The summed E-state index contributed by atoms with van der Waals surface area (Å²) in [6.45, 7) is 7.89. The molecule has 4 rings (SSSR count). The summed E-state index contributed by atoms with van der Waals surface area (Å²) in [5, 5.41) is 23.3. The van der Waals surface area contributed by atoms with Crippen LogP contribution in [0.5, 0.6) is 5.75 Å². The molecule has 2 N–H and O–H groups in total. The van der Waals surface area contributed by atoms with Crippen LogP contribution < -0.4 is 10.3 Å². The van der Waals surface area contributed by atoms with Crippen LogP contribution in [0.15, 0.2) is 59.4 Å². The zero-order valence-corrected chi connectivity index (χ0v) is 20.4. The van der Waals surface area contributed by atoms with Crippen LogP contribution in [0.4, 0.5) is 0 Å². The maximum absolute atomic E-state index is 12.9. The average Bonchev–Trinajstić information content (AvgIpc) is 3.28. The number of aromatic nitrogens is 5. The number of pyridine rings is 1. The summed E-state index contributed by atoms with van der Waals surface area (Å²) in [5.41, 5.74) is 2.29. The second-order valence-corrected chi connectivity index (χ2v) is 8.87. The van der Waals surface area contributed by atoms with E-state index in [2.05, 4.69) is 39.3 Å². The molecule has 0 aliphatic rings. The fraction of sp³-hybridized carbons (Fsp3) is 0.385. The van der Waals surface area contributed by atoms with Gasteiger partial charge >= 0.3 is 0 Å². The number of hydrogen-bond acceptors (Lipinski definition) is 7. The van der Waals surface area contributed by atoms with E-state index in [0.29, 0.717) is 37.6 Å². The lowest BCUT2D eigenvalue weighted by atomic mass is 10.00. The third kappa shape index (κ3) is 5.75. The zero-order chi connectivity index (χ0) is 24.8.